The lowest BCUT2D eigenvalue weighted by Crippen LogP contribution is -2.23. The van der Waals surface area contributed by atoms with Crippen molar-refractivity contribution in [2.45, 2.75) is 30.7 Å². The number of methoxy groups -OCH3 is 1. The summed E-state index contributed by atoms with van der Waals surface area (Å²) in [4.78, 5) is 17.9. The molecular weight excluding hydrogens is 404 g/mol. The zero-order valence-electron chi connectivity index (χ0n) is 18.3. The molecule has 1 aromatic heterocycles. The molecule has 1 unspecified atom stereocenters. The lowest BCUT2D eigenvalue weighted by atomic mass is 9.88. The van der Waals surface area contributed by atoms with Crippen LogP contribution in [0.5, 0.6) is 17.2 Å². The van der Waals surface area contributed by atoms with Crippen LogP contribution in [-0.4, -0.2) is 31.7 Å². The third kappa shape index (κ3) is 3.60. The molecule has 0 spiro atoms. The van der Waals surface area contributed by atoms with Gasteiger partial charge in [0.2, 0.25) is 6.79 Å². The van der Waals surface area contributed by atoms with Crippen molar-refractivity contribution in [2.24, 2.45) is 0 Å². The first-order valence-corrected chi connectivity index (χ1v) is 10.8. The average molecular weight is 431 g/mol. The van der Waals surface area contributed by atoms with Crippen LogP contribution in [0.2, 0.25) is 0 Å². The number of carbonyl (C=O) groups is 1. The highest BCUT2D eigenvalue weighted by Crippen LogP contribution is 2.51. The second-order valence-corrected chi connectivity index (χ2v) is 8.30. The Hall–Kier alpha value is -3.38. The molecule has 6 heteroatoms. The van der Waals surface area contributed by atoms with Crippen molar-refractivity contribution in [2.75, 3.05) is 21.0 Å². The summed E-state index contributed by atoms with van der Waals surface area (Å²) >= 11 is 0. The van der Waals surface area contributed by atoms with E-state index in [9.17, 15) is 4.79 Å². The number of nitrogens with one attached hydrogen (secondary N) is 1. The topological polar surface area (TPSA) is 69.7 Å². The first kappa shape index (κ1) is 20.5. The van der Waals surface area contributed by atoms with Gasteiger partial charge < -0.3 is 19.5 Å². The maximum absolute atomic E-state index is 13.2. The number of nitrogens with zero attached hydrogens (tertiary/aromatic N) is 1. The quantitative estimate of drug-likeness (QED) is 0.583. The zero-order chi connectivity index (χ0) is 22.1. The molecule has 0 radical (unpaired) electrons. The summed E-state index contributed by atoms with van der Waals surface area (Å²) in [6.07, 6.45) is 3.88. The normalized spacial score (nSPS) is 16.4. The fourth-order valence-corrected chi connectivity index (χ4v) is 4.50. The lowest BCUT2D eigenvalue weighted by molar-refractivity contribution is -0.120. The molecule has 1 aliphatic carbocycles. The van der Waals surface area contributed by atoms with E-state index in [0.29, 0.717) is 6.42 Å². The molecule has 2 heterocycles. The van der Waals surface area contributed by atoms with Crippen molar-refractivity contribution >= 4 is 5.78 Å². The van der Waals surface area contributed by atoms with Crippen LogP contribution in [0.1, 0.15) is 41.3 Å². The highest BCUT2D eigenvalue weighted by atomic mass is 16.7. The average Bonchev–Trinajstić information content (AvgIpc) is 3.52. The van der Waals surface area contributed by atoms with Gasteiger partial charge in [0.15, 0.2) is 11.5 Å². The van der Waals surface area contributed by atoms with Gasteiger partial charge in [-0.1, -0.05) is 30.3 Å². The molecule has 2 aromatic carbocycles. The summed E-state index contributed by atoms with van der Waals surface area (Å²) in [5.74, 6) is 2.49. The number of aromatic nitrogens is 1. The van der Waals surface area contributed by atoms with E-state index in [1.165, 1.54) is 0 Å². The molecule has 0 bridgehead atoms. The van der Waals surface area contributed by atoms with Gasteiger partial charge in [0, 0.05) is 23.9 Å². The molecule has 1 fully saturated rings. The molecule has 0 amide bonds. The van der Waals surface area contributed by atoms with Gasteiger partial charge in [0.05, 0.1) is 18.6 Å². The number of carbonyl (C=O) groups excluding carboxylic acids is 1. The van der Waals surface area contributed by atoms with E-state index in [1.807, 2.05) is 67.8 Å². The molecule has 6 nitrogen and oxygen atoms in total. The summed E-state index contributed by atoms with van der Waals surface area (Å²) < 4.78 is 16.4. The Morgan fingerprint density at radius 2 is 1.94 bits per heavy atom. The molecule has 2 aliphatic rings. The smallest absolute Gasteiger partial charge is 0.231 e. The van der Waals surface area contributed by atoms with E-state index in [-0.39, 0.29) is 18.6 Å². The largest absolute Gasteiger partial charge is 0.496 e. The third-order valence-electron chi connectivity index (χ3n) is 6.47. The second kappa shape index (κ2) is 8.28. The zero-order valence-corrected chi connectivity index (χ0v) is 18.3. The summed E-state index contributed by atoms with van der Waals surface area (Å²) in [5, 5.41) is 3.34. The highest BCUT2D eigenvalue weighted by Gasteiger charge is 2.50. The van der Waals surface area contributed by atoms with Gasteiger partial charge in [-0.05, 0) is 55.3 Å². The standard InChI is InChI=1S/C26H26N2O4/c1-27-25(20-5-3-4-6-21(20)30-2)17-7-9-19(28-15-17)14-24(29)26(11-12-26)18-8-10-22-23(13-18)32-16-31-22/h3-10,13,15,25,27H,11-12,14,16H2,1-2H3. The summed E-state index contributed by atoms with van der Waals surface area (Å²) in [5.41, 5.74) is 3.43. The number of pyridine rings is 1. The molecule has 1 aliphatic heterocycles. The van der Waals surface area contributed by atoms with Crippen molar-refractivity contribution in [1.82, 2.24) is 10.3 Å². The van der Waals surface area contributed by atoms with Crippen molar-refractivity contribution < 1.29 is 19.0 Å². The van der Waals surface area contributed by atoms with Crippen LogP contribution in [-0.2, 0) is 16.6 Å². The van der Waals surface area contributed by atoms with Crippen molar-refractivity contribution in [1.29, 1.82) is 0 Å². The van der Waals surface area contributed by atoms with E-state index in [2.05, 4.69) is 10.3 Å². The van der Waals surface area contributed by atoms with E-state index < -0.39 is 5.41 Å². The predicted molar refractivity (Wildman–Crippen MR) is 120 cm³/mol. The monoisotopic (exact) mass is 430 g/mol. The minimum absolute atomic E-state index is 0.0493. The van der Waals surface area contributed by atoms with Gasteiger partial charge in [-0.2, -0.15) is 0 Å². The minimum Gasteiger partial charge on any atom is -0.496 e. The minimum atomic E-state index is -0.424. The highest BCUT2D eigenvalue weighted by molar-refractivity contribution is 5.94. The molecule has 1 atom stereocenters. The van der Waals surface area contributed by atoms with Crippen LogP contribution in [0.15, 0.2) is 60.8 Å². The van der Waals surface area contributed by atoms with Gasteiger partial charge in [0.1, 0.15) is 11.5 Å². The van der Waals surface area contributed by atoms with Crippen LogP contribution >= 0.6 is 0 Å². The number of para-hydroxylation sites is 1. The van der Waals surface area contributed by atoms with Crippen molar-refractivity contribution in [3.8, 4) is 17.2 Å². The van der Waals surface area contributed by atoms with E-state index >= 15 is 0 Å². The molecule has 32 heavy (non-hydrogen) atoms. The molecular formula is C26H26N2O4. The van der Waals surface area contributed by atoms with Gasteiger partial charge in [0.25, 0.3) is 0 Å². The van der Waals surface area contributed by atoms with Gasteiger partial charge in [-0.15, -0.1) is 0 Å². The van der Waals surface area contributed by atoms with E-state index in [0.717, 1.165) is 52.5 Å². The fraction of sp³-hybridized carbons (Fsp3) is 0.308. The number of rotatable bonds is 8. The fourth-order valence-electron chi connectivity index (χ4n) is 4.50. The Morgan fingerprint density at radius 1 is 1.12 bits per heavy atom. The number of ketones is 1. The SMILES string of the molecule is CNC(c1ccc(CC(=O)C2(c3ccc4c(c3)OCO4)CC2)nc1)c1ccccc1OC. The molecule has 3 aromatic rings. The number of benzene rings is 2. The van der Waals surface area contributed by atoms with E-state index in [1.54, 1.807) is 7.11 Å². The van der Waals surface area contributed by atoms with Crippen LogP contribution in [0.4, 0.5) is 0 Å². The first-order chi connectivity index (χ1) is 15.6. The van der Waals surface area contributed by atoms with Crippen LogP contribution in [0, 0.1) is 0 Å². The number of hydrogen-bond acceptors (Lipinski definition) is 6. The van der Waals surface area contributed by atoms with E-state index in [4.69, 9.17) is 14.2 Å². The third-order valence-corrected chi connectivity index (χ3v) is 6.47. The van der Waals surface area contributed by atoms with Crippen LogP contribution in [0.3, 0.4) is 0 Å². The predicted octanol–water partition coefficient (Wildman–Crippen LogP) is 3.97. The number of Topliss-reactive ketones (excluding diaryl/α,β-unsaturated/α-hetero) is 1. The first-order valence-electron chi connectivity index (χ1n) is 10.8. The van der Waals surface area contributed by atoms with Gasteiger partial charge >= 0.3 is 0 Å². The van der Waals surface area contributed by atoms with Crippen LogP contribution < -0.4 is 19.5 Å². The number of ether oxygens (including phenoxy) is 3. The van der Waals surface area contributed by atoms with Crippen molar-refractivity contribution in [3.05, 3.63) is 83.2 Å². The maximum atomic E-state index is 13.2. The Morgan fingerprint density at radius 3 is 2.66 bits per heavy atom. The maximum Gasteiger partial charge on any atom is 0.231 e. The van der Waals surface area contributed by atoms with Gasteiger partial charge in [-0.3, -0.25) is 9.78 Å². The number of hydrogen-bond donors (Lipinski definition) is 1. The van der Waals surface area contributed by atoms with Crippen LogP contribution in [0.25, 0.3) is 0 Å². The Bertz CT molecular complexity index is 1140. The van der Waals surface area contributed by atoms with Crippen molar-refractivity contribution in [3.63, 3.8) is 0 Å². The Balaban J connectivity index is 1.33. The molecule has 1 N–H and O–H groups in total. The Kier molecular flexibility index (Phi) is 5.31. The summed E-state index contributed by atoms with van der Waals surface area (Å²) in [7, 11) is 3.59. The molecule has 1 saturated carbocycles. The Labute approximate surface area is 187 Å². The molecule has 5 rings (SSSR count). The molecule has 164 valence electrons. The van der Waals surface area contributed by atoms with Gasteiger partial charge in [-0.25, -0.2) is 0 Å². The number of fused-ring (bicyclic) bond motifs is 1. The second-order valence-electron chi connectivity index (χ2n) is 8.30. The summed E-state index contributed by atoms with van der Waals surface area (Å²) in [6.45, 7) is 0.235. The molecule has 0 saturated heterocycles. The lowest BCUT2D eigenvalue weighted by Gasteiger charge is -2.20. The summed E-state index contributed by atoms with van der Waals surface area (Å²) in [6, 6.07) is 17.7.